The van der Waals surface area contributed by atoms with Crippen LogP contribution in [0.15, 0.2) is 33.4 Å². The first-order valence-corrected chi connectivity index (χ1v) is 9.10. The third-order valence-corrected chi connectivity index (χ3v) is 4.46. The smallest absolute Gasteiger partial charge is 0.332 e. The molecule has 1 aromatic rings. The Morgan fingerprint density at radius 1 is 1.63 bits per heavy atom. The predicted molar refractivity (Wildman–Crippen MR) is 93.6 cm³/mol. The second-order valence-electron chi connectivity index (χ2n) is 5.60. The van der Waals surface area contributed by atoms with Crippen molar-refractivity contribution in [1.82, 2.24) is 9.55 Å². The summed E-state index contributed by atoms with van der Waals surface area (Å²) in [6.45, 7) is -0.601. The molecule has 1 aromatic heterocycles. The first-order valence-electron chi connectivity index (χ1n) is 7.70. The molecule has 1 aliphatic heterocycles. The van der Waals surface area contributed by atoms with E-state index >= 15 is 0 Å². The Morgan fingerprint density at radius 3 is 2.93 bits per heavy atom. The van der Waals surface area contributed by atoms with Crippen LogP contribution < -0.4 is 17.0 Å². The number of thioether (sulfide) groups is 1. The van der Waals surface area contributed by atoms with Crippen molar-refractivity contribution in [3.05, 3.63) is 44.6 Å². The fraction of sp³-hybridized carbons (Fsp3) is 0.467. The molecule has 5 N–H and O–H groups in total. The van der Waals surface area contributed by atoms with E-state index in [-0.39, 0.29) is 0 Å². The molecule has 2 heterocycles. The molecule has 0 aromatic carbocycles. The maximum absolute atomic E-state index is 12.0. The summed E-state index contributed by atoms with van der Waals surface area (Å²) in [5.41, 5.74) is 1.55. The second-order valence-corrected chi connectivity index (χ2v) is 6.58. The molecule has 11 nitrogen and oxygen atoms in total. The van der Waals surface area contributed by atoms with Gasteiger partial charge in [-0.15, -0.1) is 0 Å². The molecule has 1 aliphatic rings. The van der Waals surface area contributed by atoms with Crippen molar-refractivity contribution in [2.24, 2.45) is 5.73 Å². The molecular weight excluding hydrogens is 380 g/mol. The highest BCUT2D eigenvalue weighted by molar-refractivity contribution is 7.98. The number of carbonyl (C=O) groups excluding carboxylic acids is 1. The van der Waals surface area contributed by atoms with Gasteiger partial charge in [0.25, 0.3) is 5.56 Å². The van der Waals surface area contributed by atoms with Crippen molar-refractivity contribution in [2.45, 2.75) is 24.3 Å². The largest absolute Gasteiger partial charge is 0.506 e. The van der Waals surface area contributed by atoms with Crippen LogP contribution >= 0.6 is 11.8 Å². The zero-order valence-electron chi connectivity index (χ0n) is 14.2. The van der Waals surface area contributed by atoms with Gasteiger partial charge in [0.2, 0.25) is 0 Å². The highest BCUT2D eigenvalue weighted by Crippen LogP contribution is 2.36. The first-order chi connectivity index (χ1) is 12.8. The van der Waals surface area contributed by atoms with Crippen LogP contribution in [0.25, 0.3) is 0 Å². The van der Waals surface area contributed by atoms with Crippen LogP contribution in [-0.4, -0.2) is 56.5 Å². The van der Waals surface area contributed by atoms with Crippen molar-refractivity contribution in [3.63, 3.8) is 0 Å². The van der Waals surface area contributed by atoms with E-state index in [0.29, 0.717) is 16.7 Å². The summed E-state index contributed by atoms with van der Waals surface area (Å²) in [6.07, 6.45) is 1.22. The minimum atomic E-state index is -2.37. The molecule has 2 rings (SSSR count). The molecule has 0 bridgehead atoms. The summed E-state index contributed by atoms with van der Waals surface area (Å²) >= 11 is 1.51. The van der Waals surface area contributed by atoms with Crippen LogP contribution in [0.4, 0.5) is 0 Å². The van der Waals surface area contributed by atoms with E-state index in [1.54, 1.807) is 6.07 Å². The van der Waals surface area contributed by atoms with Gasteiger partial charge in [0, 0.05) is 12.3 Å². The molecule has 0 radical (unpaired) electrons. The molecule has 0 spiro atoms. The van der Waals surface area contributed by atoms with Crippen molar-refractivity contribution >= 4 is 17.7 Å². The maximum atomic E-state index is 12.0. The number of nitriles is 1. The van der Waals surface area contributed by atoms with Gasteiger partial charge in [-0.05, 0) is 18.4 Å². The number of ether oxygens (including phenoxy) is 2. The summed E-state index contributed by atoms with van der Waals surface area (Å²) < 4.78 is 10.8. The van der Waals surface area contributed by atoms with Gasteiger partial charge in [0.05, 0.1) is 0 Å². The summed E-state index contributed by atoms with van der Waals surface area (Å²) in [5, 5.41) is 29.8. The average molecular weight is 398 g/mol. The SMILES string of the molecule is CSCC[C@@H](N)C(=O)OCC1=C(O)C(O)[C@](C#N)(n2ccc(=O)[nH]c2=O)O1. The van der Waals surface area contributed by atoms with Crippen molar-refractivity contribution in [3.8, 4) is 6.07 Å². The summed E-state index contributed by atoms with van der Waals surface area (Å²) in [7, 11) is 0. The van der Waals surface area contributed by atoms with Gasteiger partial charge < -0.3 is 25.4 Å². The molecular formula is C15H18N4O7S. The number of nitrogens with two attached hydrogens (primary N) is 1. The molecule has 1 unspecified atom stereocenters. The molecule has 0 aliphatic carbocycles. The average Bonchev–Trinajstić information content (AvgIpc) is 2.89. The van der Waals surface area contributed by atoms with Gasteiger partial charge in [-0.3, -0.25) is 14.6 Å². The van der Waals surface area contributed by atoms with Crippen LogP contribution in [0.1, 0.15) is 6.42 Å². The third-order valence-electron chi connectivity index (χ3n) is 3.82. The number of hydrogen-bond acceptors (Lipinski definition) is 10. The number of aliphatic hydroxyl groups is 2. The van der Waals surface area contributed by atoms with Crippen LogP contribution in [0.2, 0.25) is 0 Å². The number of H-pyrrole nitrogens is 1. The molecule has 3 atom stereocenters. The zero-order chi connectivity index (χ0) is 20.2. The highest BCUT2D eigenvalue weighted by Gasteiger charge is 2.53. The van der Waals surface area contributed by atoms with Gasteiger partial charge >= 0.3 is 17.4 Å². The lowest BCUT2D eigenvalue weighted by atomic mass is 10.1. The number of aliphatic hydroxyl groups excluding tert-OH is 2. The van der Waals surface area contributed by atoms with E-state index in [1.807, 2.05) is 11.2 Å². The molecule has 0 saturated heterocycles. The van der Waals surface area contributed by atoms with Crippen molar-refractivity contribution in [1.29, 1.82) is 5.26 Å². The predicted octanol–water partition coefficient (Wildman–Crippen LogP) is -1.50. The number of aromatic amines is 1. The van der Waals surface area contributed by atoms with Crippen LogP contribution in [0.3, 0.4) is 0 Å². The van der Waals surface area contributed by atoms with Gasteiger partial charge in [0.1, 0.15) is 12.1 Å². The number of esters is 1. The topological polar surface area (TPSA) is 181 Å². The number of carbonyl (C=O) groups is 1. The standard InChI is InChI=1S/C15H18N4O7S/c1-27-5-3-8(17)13(23)25-6-9-11(21)12(22)15(7-16,26-9)19-4-2-10(20)18-14(19)24/h2,4,8,12,21-22H,3,5-6,17H2,1H3,(H,18,20,24)/t8-,12?,15-/m1/s1. The van der Waals surface area contributed by atoms with Gasteiger partial charge in [-0.25, -0.2) is 9.36 Å². The number of nitrogens with zero attached hydrogens (tertiary/aromatic N) is 2. The Kier molecular flexibility index (Phi) is 6.32. The van der Waals surface area contributed by atoms with E-state index in [4.69, 9.17) is 15.2 Å². The zero-order valence-corrected chi connectivity index (χ0v) is 15.1. The second kappa shape index (κ2) is 8.30. The fourth-order valence-corrected chi connectivity index (χ4v) is 2.83. The van der Waals surface area contributed by atoms with Gasteiger partial charge in [0.15, 0.2) is 24.2 Å². The molecule has 27 heavy (non-hydrogen) atoms. The fourth-order valence-electron chi connectivity index (χ4n) is 2.34. The quantitative estimate of drug-likeness (QED) is 0.394. The number of nitrogens with one attached hydrogen (secondary N) is 1. The molecule has 12 heteroatoms. The van der Waals surface area contributed by atoms with Crippen molar-refractivity contribution in [2.75, 3.05) is 18.6 Å². The van der Waals surface area contributed by atoms with E-state index in [2.05, 4.69) is 0 Å². The van der Waals surface area contributed by atoms with E-state index in [9.17, 15) is 29.9 Å². The Balaban J connectivity index is 2.20. The van der Waals surface area contributed by atoms with E-state index in [1.165, 1.54) is 11.8 Å². The molecule has 0 amide bonds. The number of rotatable bonds is 7. The Labute approximate surface area is 157 Å². The van der Waals surface area contributed by atoms with Crippen LogP contribution in [-0.2, 0) is 20.0 Å². The lowest BCUT2D eigenvalue weighted by Gasteiger charge is -2.26. The first kappa shape index (κ1) is 20.6. The summed E-state index contributed by atoms with van der Waals surface area (Å²) in [5.74, 6) is -1.29. The van der Waals surface area contributed by atoms with Crippen LogP contribution in [0, 0.1) is 11.3 Å². The molecule has 0 fully saturated rings. The molecule has 0 saturated carbocycles. The summed E-state index contributed by atoms with van der Waals surface area (Å²) in [6, 6.07) is 1.66. The maximum Gasteiger partial charge on any atom is 0.332 e. The Hall–Kier alpha value is -2.75. The number of hydrogen-bond donors (Lipinski definition) is 4. The minimum absolute atomic E-state index is 0.378. The Morgan fingerprint density at radius 2 is 2.33 bits per heavy atom. The lowest BCUT2D eigenvalue weighted by molar-refractivity contribution is -0.146. The summed E-state index contributed by atoms with van der Waals surface area (Å²) in [4.78, 5) is 36.9. The van der Waals surface area contributed by atoms with Gasteiger partial charge in [-0.1, -0.05) is 0 Å². The highest BCUT2D eigenvalue weighted by atomic mass is 32.2. The Bertz CT molecular complexity index is 902. The third kappa shape index (κ3) is 4.00. The van der Waals surface area contributed by atoms with Gasteiger partial charge in [-0.2, -0.15) is 17.0 Å². The monoisotopic (exact) mass is 398 g/mol. The van der Waals surface area contributed by atoms with E-state index in [0.717, 1.165) is 12.3 Å². The molecule has 146 valence electrons. The number of aromatic nitrogens is 2. The van der Waals surface area contributed by atoms with Crippen LogP contribution in [0.5, 0.6) is 0 Å². The van der Waals surface area contributed by atoms with E-state index < -0.39 is 53.2 Å². The minimum Gasteiger partial charge on any atom is -0.506 e. The van der Waals surface area contributed by atoms with Crippen molar-refractivity contribution < 1.29 is 24.5 Å². The lowest BCUT2D eigenvalue weighted by Crippen LogP contribution is -2.49. The normalized spacial score (nSPS) is 22.8.